The van der Waals surface area contributed by atoms with Gasteiger partial charge in [-0.2, -0.15) is 0 Å². The van der Waals surface area contributed by atoms with E-state index in [9.17, 15) is 0 Å². The van der Waals surface area contributed by atoms with E-state index >= 15 is 0 Å². The standard InChI is InChI=1S/C57H39N3/c1-3-16-40(17-4-1)55-47-23-8-12-27-52(47)58-56(59-55)43-19-15-18-41(36-43)38-30-32-39(33-31-38)42-34-35-46-45-22-7-9-24-48(45)57(51(46)37-42)49-25-10-13-28-53(49)60(44-20-5-2-6-21-44)54-29-14-11-26-50(54)57/h1-37,52H,(H,58,59). The summed E-state index contributed by atoms with van der Waals surface area (Å²) in [4.78, 5) is 7.66. The Labute approximate surface area is 350 Å². The molecule has 2 heterocycles. The smallest absolute Gasteiger partial charge is 0.134 e. The monoisotopic (exact) mass is 765 g/mol. The first kappa shape index (κ1) is 34.3. The van der Waals surface area contributed by atoms with Crippen molar-refractivity contribution >= 4 is 28.6 Å². The molecular weight excluding hydrogens is 727 g/mol. The fourth-order valence-corrected chi connectivity index (χ4v) is 10.1. The van der Waals surface area contributed by atoms with Crippen molar-refractivity contribution in [3.05, 3.63) is 263 Å². The van der Waals surface area contributed by atoms with E-state index < -0.39 is 5.41 Å². The summed E-state index contributed by atoms with van der Waals surface area (Å²) in [6, 6.07) is 73.3. The highest BCUT2D eigenvalue weighted by Crippen LogP contribution is 2.63. The van der Waals surface area contributed by atoms with Gasteiger partial charge in [-0.3, -0.25) is 0 Å². The maximum Gasteiger partial charge on any atom is 0.134 e. The molecule has 3 nitrogen and oxygen atoms in total. The van der Waals surface area contributed by atoms with Crippen molar-refractivity contribution in [3.63, 3.8) is 0 Å². The van der Waals surface area contributed by atoms with Crippen LogP contribution in [0.2, 0.25) is 0 Å². The Morgan fingerprint density at radius 3 is 1.73 bits per heavy atom. The van der Waals surface area contributed by atoms with Crippen LogP contribution >= 0.6 is 0 Å². The van der Waals surface area contributed by atoms with Crippen molar-refractivity contribution in [1.29, 1.82) is 0 Å². The summed E-state index contributed by atoms with van der Waals surface area (Å²) in [5.41, 5.74) is 20.0. The molecule has 1 spiro atoms. The zero-order chi connectivity index (χ0) is 39.6. The number of nitrogens with zero attached hydrogens (tertiary/aromatic N) is 2. The average Bonchev–Trinajstić information content (AvgIpc) is 3.62. The van der Waals surface area contributed by atoms with Gasteiger partial charge in [0.05, 0.1) is 28.5 Å². The van der Waals surface area contributed by atoms with Crippen molar-refractivity contribution < 1.29 is 0 Å². The molecule has 0 aromatic heterocycles. The molecule has 0 saturated carbocycles. The lowest BCUT2D eigenvalue weighted by atomic mass is 9.64. The number of aliphatic imine (C=N–C) groups is 1. The molecule has 0 fully saturated rings. The van der Waals surface area contributed by atoms with Crippen molar-refractivity contribution in [3.8, 4) is 33.4 Å². The predicted octanol–water partition coefficient (Wildman–Crippen LogP) is 13.4. The third kappa shape index (κ3) is 5.19. The second kappa shape index (κ2) is 13.7. The number of hydrogen-bond acceptors (Lipinski definition) is 3. The number of amidine groups is 1. The third-order valence-corrected chi connectivity index (χ3v) is 12.7. The number of fused-ring (bicyclic) bond motifs is 10. The first-order chi connectivity index (χ1) is 29.8. The normalized spacial score (nSPS) is 16.3. The fraction of sp³-hybridized carbons (Fsp3) is 0.0351. The minimum atomic E-state index is -0.489. The number of nitrogens with one attached hydrogen (secondary N) is 1. The number of rotatable bonds is 5. The Hall–Kier alpha value is -7.75. The first-order valence-electron chi connectivity index (χ1n) is 20.8. The number of anilines is 3. The Kier molecular flexibility index (Phi) is 7.82. The summed E-state index contributed by atoms with van der Waals surface area (Å²) in [6.45, 7) is 0. The van der Waals surface area contributed by atoms with Crippen molar-refractivity contribution in [2.75, 3.05) is 4.90 Å². The highest BCUT2D eigenvalue weighted by Gasteiger charge is 2.51. The first-order valence-corrected chi connectivity index (χ1v) is 20.8. The third-order valence-electron chi connectivity index (χ3n) is 12.7. The van der Waals surface area contributed by atoms with Gasteiger partial charge in [-0.15, -0.1) is 0 Å². The van der Waals surface area contributed by atoms with E-state index in [1.165, 1.54) is 61.5 Å². The zero-order valence-electron chi connectivity index (χ0n) is 32.8. The van der Waals surface area contributed by atoms with Gasteiger partial charge in [0.25, 0.3) is 0 Å². The summed E-state index contributed by atoms with van der Waals surface area (Å²) in [7, 11) is 0. The fourth-order valence-electron chi connectivity index (χ4n) is 10.1. The van der Waals surface area contributed by atoms with E-state index in [1.54, 1.807) is 0 Å². The topological polar surface area (TPSA) is 27.6 Å². The lowest BCUT2D eigenvalue weighted by Gasteiger charge is -2.45. The van der Waals surface area contributed by atoms with Gasteiger partial charge in [0, 0.05) is 22.4 Å². The molecule has 8 aromatic carbocycles. The summed E-state index contributed by atoms with van der Waals surface area (Å²) >= 11 is 0. The Balaban J connectivity index is 0.945. The quantitative estimate of drug-likeness (QED) is 0.189. The van der Waals surface area contributed by atoms with E-state index in [0.29, 0.717) is 0 Å². The lowest BCUT2D eigenvalue weighted by molar-refractivity contribution is 0.753. The van der Waals surface area contributed by atoms with E-state index in [-0.39, 0.29) is 6.04 Å². The Morgan fingerprint density at radius 2 is 1.00 bits per heavy atom. The van der Waals surface area contributed by atoms with Crippen LogP contribution in [0.15, 0.2) is 235 Å². The van der Waals surface area contributed by atoms with Crippen LogP contribution in [0, 0.1) is 0 Å². The van der Waals surface area contributed by atoms with Gasteiger partial charge in [-0.1, -0.05) is 188 Å². The molecule has 60 heavy (non-hydrogen) atoms. The van der Waals surface area contributed by atoms with Gasteiger partial charge in [0.15, 0.2) is 0 Å². The maximum absolute atomic E-state index is 5.22. The SMILES string of the molecule is C1=CC2=C(c3ccccc3)N=C(c3cccc(-c4ccc(-c5ccc6c(c5)C5(c7ccccc7-6)c6ccccc6N(c6ccccc6)c6ccccc65)cc4)c3)NC2C=C1. The summed E-state index contributed by atoms with van der Waals surface area (Å²) in [5.74, 6) is 0.881. The molecule has 8 aromatic rings. The van der Waals surface area contributed by atoms with Gasteiger partial charge in [-0.05, 0) is 92.0 Å². The molecule has 0 amide bonds. The summed E-state index contributed by atoms with van der Waals surface area (Å²) in [6.07, 6.45) is 8.58. The van der Waals surface area contributed by atoms with Crippen LogP contribution in [0.5, 0.6) is 0 Å². The number of para-hydroxylation sites is 3. The second-order valence-electron chi connectivity index (χ2n) is 15.9. The van der Waals surface area contributed by atoms with Crippen LogP contribution in [-0.4, -0.2) is 11.9 Å². The van der Waals surface area contributed by atoms with Gasteiger partial charge in [0.2, 0.25) is 0 Å². The van der Waals surface area contributed by atoms with Crippen LogP contribution < -0.4 is 10.2 Å². The molecule has 12 rings (SSSR count). The van der Waals surface area contributed by atoms with E-state index in [0.717, 1.165) is 39.5 Å². The molecule has 3 heteroatoms. The molecule has 0 bridgehead atoms. The summed E-state index contributed by atoms with van der Waals surface area (Å²) in [5, 5.41) is 3.71. The molecule has 2 aliphatic heterocycles. The minimum absolute atomic E-state index is 0.0678. The molecule has 2 aliphatic carbocycles. The minimum Gasteiger partial charge on any atom is -0.359 e. The number of hydrogen-bond donors (Lipinski definition) is 1. The van der Waals surface area contributed by atoms with E-state index in [2.05, 4.69) is 235 Å². The predicted molar refractivity (Wildman–Crippen MR) is 248 cm³/mol. The molecule has 1 atom stereocenters. The molecule has 4 aliphatic rings. The van der Waals surface area contributed by atoms with Gasteiger partial charge < -0.3 is 10.2 Å². The van der Waals surface area contributed by atoms with Gasteiger partial charge in [-0.25, -0.2) is 4.99 Å². The molecule has 282 valence electrons. The van der Waals surface area contributed by atoms with Crippen LogP contribution in [-0.2, 0) is 5.41 Å². The van der Waals surface area contributed by atoms with E-state index in [1.807, 2.05) is 0 Å². The average molecular weight is 766 g/mol. The summed E-state index contributed by atoms with van der Waals surface area (Å²) < 4.78 is 0. The largest absolute Gasteiger partial charge is 0.359 e. The molecular formula is C57H39N3. The van der Waals surface area contributed by atoms with Crippen LogP contribution in [0.3, 0.4) is 0 Å². The van der Waals surface area contributed by atoms with Gasteiger partial charge in [0.1, 0.15) is 5.84 Å². The Bertz CT molecular complexity index is 3070. The lowest BCUT2D eigenvalue weighted by Crippen LogP contribution is -2.39. The van der Waals surface area contributed by atoms with Gasteiger partial charge >= 0.3 is 0 Å². The van der Waals surface area contributed by atoms with Crippen LogP contribution in [0.1, 0.15) is 33.4 Å². The number of allylic oxidation sites excluding steroid dienone is 2. The van der Waals surface area contributed by atoms with Crippen LogP contribution in [0.4, 0.5) is 17.1 Å². The highest BCUT2D eigenvalue weighted by atomic mass is 15.2. The second-order valence-corrected chi connectivity index (χ2v) is 15.9. The van der Waals surface area contributed by atoms with Crippen molar-refractivity contribution in [1.82, 2.24) is 5.32 Å². The number of benzene rings is 8. The molecule has 0 radical (unpaired) electrons. The van der Waals surface area contributed by atoms with Crippen molar-refractivity contribution in [2.45, 2.75) is 11.5 Å². The molecule has 0 saturated heterocycles. The zero-order valence-corrected chi connectivity index (χ0v) is 32.8. The van der Waals surface area contributed by atoms with Crippen molar-refractivity contribution in [2.24, 2.45) is 4.99 Å². The highest BCUT2D eigenvalue weighted by molar-refractivity contribution is 6.05. The van der Waals surface area contributed by atoms with E-state index in [4.69, 9.17) is 4.99 Å². The van der Waals surface area contributed by atoms with Crippen LogP contribution in [0.25, 0.3) is 39.1 Å². The molecule has 1 unspecified atom stereocenters. The maximum atomic E-state index is 5.22. The molecule has 1 N–H and O–H groups in total. The Morgan fingerprint density at radius 1 is 0.433 bits per heavy atom.